The first kappa shape index (κ1) is 11.8. The molecule has 0 spiro atoms. The van der Waals surface area contributed by atoms with Gasteiger partial charge in [0.15, 0.2) is 0 Å². The van der Waals surface area contributed by atoms with Gasteiger partial charge in [-0.05, 0) is 50.5 Å². The molecule has 0 radical (unpaired) electrons. The quantitative estimate of drug-likeness (QED) is 0.641. The molecule has 1 aliphatic rings. The number of hydrogen-bond acceptors (Lipinski definition) is 1. The Labute approximate surface area is 89.0 Å². The molecule has 3 atom stereocenters. The highest BCUT2D eigenvalue weighted by atomic mass is 14.9. The second kappa shape index (κ2) is 6.23. The van der Waals surface area contributed by atoms with Crippen LogP contribution in [0.5, 0.6) is 0 Å². The highest BCUT2D eigenvalue weighted by Gasteiger charge is 2.31. The molecule has 1 heteroatoms. The Morgan fingerprint density at radius 1 is 1.43 bits per heavy atom. The van der Waals surface area contributed by atoms with Crippen LogP contribution in [0.2, 0.25) is 0 Å². The van der Waals surface area contributed by atoms with Gasteiger partial charge in [-0.25, -0.2) is 0 Å². The van der Waals surface area contributed by atoms with E-state index in [9.17, 15) is 0 Å². The van der Waals surface area contributed by atoms with Crippen molar-refractivity contribution in [3.63, 3.8) is 0 Å². The Bertz CT molecular complexity index is 165. The minimum Gasteiger partial charge on any atom is -0.314 e. The fourth-order valence-corrected chi connectivity index (χ4v) is 2.60. The molecule has 0 amide bonds. The van der Waals surface area contributed by atoms with Crippen LogP contribution in [0.1, 0.15) is 46.0 Å². The fraction of sp³-hybridized carbons (Fsp3) is 0.846. The normalized spacial score (nSPS) is 32.0. The molecule has 0 aromatic carbocycles. The molecule has 1 fully saturated rings. The van der Waals surface area contributed by atoms with Crippen molar-refractivity contribution >= 4 is 0 Å². The van der Waals surface area contributed by atoms with E-state index in [1.165, 1.54) is 38.6 Å². The van der Waals surface area contributed by atoms with E-state index in [1.807, 2.05) is 0 Å². The van der Waals surface area contributed by atoms with Gasteiger partial charge in [0.1, 0.15) is 0 Å². The number of allylic oxidation sites excluding steroid dienone is 1. The Kier molecular flexibility index (Phi) is 5.24. The molecule has 1 N–H and O–H groups in total. The van der Waals surface area contributed by atoms with Crippen molar-refractivity contribution in [1.82, 2.24) is 5.32 Å². The molecule has 1 nitrogen and oxygen atoms in total. The zero-order valence-corrected chi connectivity index (χ0v) is 9.76. The molecule has 0 saturated heterocycles. The van der Waals surface area contributed by atoms with Gasteiger partial charge in [0.05, 0.1) is 0 Å². The second-order valence-electron chi connectivity index (χ2n) is 4.62. The summed E-state index contributed by atoms with van der Waals surface area (Å²) in [4.78, 5) is 0. The van der Waals surface area contributed by atoms with Crippen LogP contribution in [0.3, 0.4) is 0 Å². The molecular weight excluding hydrogens is 170 g/mol. The van der Waals surface area contributed by atoms with E-state index in [-0.39, 0.29) is 0 Å². The van der Waals surface area contributed by atoms with Crippen LogP contribution in [-0.2, 0) is 0 Å². The summed E-state index contributed by atoms with van der Waals surface area (Å²) in [5.74, 6) is 1.80. The molecule has 0 heterocycles. The van der Waals surface area contributed by atoms with Gasteiger partial charge in [0, 0.05) is 6.04 Å². The largest absolute Gasteiger partial charge is 0.314 e. The predicted molar refractivity (Wildman–Crippen MR) is 63.4 cm³/mol. The van der Waals surface area contributed by atoms with Crippen molar-refractivity contribution in [2.75, 3.05) is 6.54 Å². The van der Waals surface area contributed by atoms with Crippen LogP contribution >= 0.6 is 0 Å². The Hall–Kier alpha value is -0.300. The lowest BCUT2D eigenvalue weighted by atomic mass is 9.91. The number of rotatable bonds is 6. The van der Waals surface area contributed by atoms with Gasteiger partial charge in [-0.15, -0.1) is 6.58 Å². The van der Waals surface area contributed by atoms with E-state index in [2.05, 4.69) is 31.8 Å². The summed E-state index contributed by atoms with van der Waals surface area (Å²) >= 11 is 0. The van der Waals surface area contributed by atoms with Gasteiger partial charge in [-0.2, -0.15) is 0 Å². The third-order valence-corrected chi connectivity index (χ3v) is 3.62. The van der Waals surface area contributed by atoms with E-state index in [1.54, 1.807) is 0 Å². The van der Waals surface area contributed by atoms with Gasteiger partial charge in [-0.3, -0.25) is 0 Å². The molecule has 1 rings (SSSR count). The summed E-state index contributed by atoms with van der Waals surface area (Å²) in [6.45, 7) is 9.63. The number of nitrogens with one attached hydrogen (secondary N) is 1. The summed E-state index contributed by atoms with van der Waals surface area (Å²) in [7, 11) is 0. The van der Waals surface area contributed by atoms with Crippen molar-refractivity contribution < 1.29 is 0 Å². The highest BCUT2D eigenvalue weighted by Crippen LogP contribution is 2.34. The topological polar surface area (TPSA) is 12.0 Å². The zero-order valence-electron chi connectivity index (χ0n) is 9.76. The van der Waals surface area contributed by atoms with E-state index in [0.29, 0.717) is 0 Å². The van der Waals surface area contributed by atoms with Gasteiger partial charge >= 0.3 is 0 Å². The SMILES string of the molecule is C=CCCC1CCC(NCCC)C1C. The van der Waals surface area contributed by atoms with Gasteiger partial charge in [0.2, 0.25) is 0 Å². The van der Waals surface area contributed by atoms with Gasteiger partial charge in [0.25, 0.3) is 0 Å². The Balaban J connectivity index is 2.27. The maximum atomic E-state index is 3.80. The first-order valence-electron chi connectivity index (χ1n) is 6.13. The lowest BCUT2D eigenvalue weighted by Gasteiger charge is -2.21. The van der Waals surface area contributed by atoms with Gasteiger partial charge < -0.3 is 5.32 Å². The van der Waals surface area contributed by atoms with Crippen molar-refractivity contribution in [2.24, 2.45) is 11.8 Å². The van der Waals surface area contributed by atoms with Crippen LogP contribution in [0, 0.1) is 11.8 Å². The molecule has 3 unspecified atom stereocenters. The van der Waals surface area contributed by atoms with E-state index < -0.39 is 0 Å². The molecular formula is C13H25N. The molecule has 0 aromatic heterocycles. The molecule has 1 aliphatic carbocycles. The van der Waals surface area contributed by atoms with Crippen LogP contribution < -0.4 is 5.32 Å². The summed E-state index contributed by atoms with van der Waals surface area (Å²) < 4.78 is 0. The van der Waals surface area contributed by atoms with E-state index in [4.69, 9.17) is 0 Å². The summed E-state index contributed by atoms with van der Waals surface area (Å²) in [5.41, 5.74) is 0. The molecule has 0 aliphatic heterocycles. The predicted octanol–water partition coefficient (Wildman–Crippen LogP) is 3.37. The van der Waals surface area contributed by atoms with Crippen LogP contribution in [0.25, 0.3) is 0 Å². The maximum absolute atomic E-state index is 3.80. The third-order valence-electron chi connectivity index (χ3n) is 3.62. The highest BCUT2D eigenvalue weighted by molar-refractivity contribution is 4.87. The first-order chi connectivity index (χ1) is 6.79. The van der Waals surface area contributed by atoms with Crippen molar-refractivity contribution in [3.05, 3.63) is 12.7 Å². The average molecular weight is 195 g/mol. The molecule has 82 valence electrons. The lowest BCUT2D eigenvalue weighted by molar-refractivity contribution is 0.339. The van der Waals surface area contributed by atoms with Crippen LogP contribution in [0.4, 0.5) is 0 Å². The molecule has 0 bridgehead atoms. The van der Waals surface area contributed by atoms with Crippen LogP contribution in [-0.4, -0.2) is 12.6 Å². The van der Waals surface area contributed by atoms with Crippen molar-refractivity contribution in [1.29, 1.82) is 0 Å². The standard InChI is InChI=1S/C13H25N/c1-4-6-7-12-8-9-13(11(12)3)14-10-5-2/h4,11-14H,1,5-10H2,2-3H3. The maximum Gasteiger partial charge on any atom is 0.00954 e. The smallest absolute Gasteiger partial charge is 0.00954 e. The summed E-state index contributed by atoms with van der Waals surface area (Å²) in [5, 5.41) is 3.66. The van der Waals surface area contributed by atoms with Crippen LogP contribution in [0.15, 0.2) is 12.7 Å². The van der Waals surface area contributed by atoms with Crippen molar-refractivity contribution in [2.45, 2.75) is 52.0 Å². The monoisotopic (exact) mass is 195 g/mol. The Morgan fingerprint density at radius 2 is 2.21 bits per heavy atom. The van der Waals surface area contributed by atoms with E-state index in [0.717, 1.165) is 17.9 Å². The van der Waals surface area contributed by atoms with Gasteiger partial charge in [-0.1, -0.05) is 19.9 Å². The zero-order chi connectivity index (χ0) is 10.4. The minimum atomic E-state index is 0.782. The molecule has 14 heavy (non-hydrogen) atoms. The average Bonchev–Trinajstić information content (AvgIpc) is 2.54. The third kappa shape index (κ3) is 3.13. The summed E-state index contributed by atoms with van der Waals surface area (Å²) in [6, 6.07) is 0.782. The minimum absolute atomic E-state index is 0.782. The molecule has 1 saturated carbocycles. The number of hydrogen-bond donors (Lipinski definition) is 1. The second-order valence-corrected chi connectivity index (χ2v) is 4.62. The summed E-state index contributed by atoms with van der Waals surface area (Å²) in [6.07, 6.45) is 8.63. The van der Waals surface area contributed by atoms with E-state index >= 15 is 0 Å². The lowest BCUT2D eigenvalue weighted by Crippen LogP contribution is -2.33. The molecule has 0 aromatic rings. The fourth-order valence-electron chi connectivity index (χ4n) is 2.60. The Morgan fingerprint density at radius 3 is 2.86 bits per heavy atom. The van der Waals surface area contributed by atoms with Crippen molar-refractivity contribution in [3.8, 4) is 0 Å². The first-order valence-corrected chi connectivity index (χ1v) is 6.13.